The average molecular weight is 530 g/mol. The first-order valence-corrected chi connectivity index (χ1v) is 13.4. The topological polar surface area (TPSA) is 72.9 Å². The Bertz CT molecular complexity index is 1350. The van der Waals surface area contributed by atoms with Crippen LogP contribution in [0.1, 0.15) is 41.0 Å². The molecule has 0 aromatic heterocycles. The zero-order valence-corrected chi connectivity index (χ0v) is 22.2. The van der Waals surface area contributed by atoms with Gasteiger partial charge in [0.05, 0.1) is 11.1 Å². The highest BCUT2D eigenvalue weighted by molar-refractivity contribution is 6.32. The van der Waals surface area contributed by atoms with E-state index in [0.29, 0.717) is 22.2 Å². The van der Waals surface area contributed by atoms with Crippen LogP contribution in [0, 0.1) is 0 Å². The standard InChI is InChI=1S/C31H32ClN3O3/c1-34-20-25-5-3-2-4-24(25)18-29(34)31(38)35-16-14-22(15-17-35)21-6-10-26(11-7-21)33-30(37)13-9-23-8-12-27(36)19-28(23)32/h2-13,19,22,29,36H,14-18,20H2,1H3,(H,33,37)/b13-9+. The summed E-state index contributed by atoms with van der Waals surface area (Å²) in [5.74, 6) is 0.450. The number of amides is 2. The summed E-state index contributed by atoms with van der Waals surface area (Å²) >= 11 is 6.09. The second kappa shape index (κ2) is 11.4. The van der Waals surface area contributed by atoms with Gasteiger partial charge in [0, 0.05) is 31.4 Å². The van der Waals surface area contributed by atoms with Crippen LogP contribution in [0.5, 0.6) is 5.75 Å². The van der Waals surface area contributed by atoms with Gasteiger partial charge in [-0.25, -0.2) is 0 Å². The molecule has 1 atom stereocenters. The van der Waals surface area contributed by atoms with Crippen LogP contribution >= 0.6 is 11.6 Å². The quantitative estimate of drug-likeness (QED) is 0.430. The van der Waals surface area contributed by atoms with E-state index in [9.17, 15) is 14.7 Å². The Balaban J connectivity index is 1.13. The summed E-state index contributed by atoms with van der Waals surface area (Å²) in [5.41, 5.74) is 5.19. The number of rotatable bonds is 5. The molecule has 196 valence electrons. The first-order valence-electron chi connectivity index (χ1n) is 13.0. The zero-order chi connectivity index (χ0) is 26.6. The smallest absolute Gasteiger partial charge is 0.248 e. The molecule has 3 aromatic rings. The maximum Gasteiger partial charge on any atom is 0.248 e. The number of carbonyl (C=O) groups excluding carboxylic acids is 2. The summed E-state index contributed by atoms with van der Waals surface area (Å²) in [6.45, 7) is 2.34. The fourth-order valence-corrected chi connectivity index (χ4v) is 5.65. The number of fused-ring (bicyclic) bond motifs is 1. The molecule has 0 radical (unpaired) electrons. The molecule has 0 spiro atoms. The number of halogens is 1. The number of likely N-dealkylation sites (N-methyl/N-ethyl adjacent to an activating group) is 1. The van der Waals surface area contributed by atoms with E-state index in [1.54, 1.807) is 12.1 Å². The second-order valence-electron chi connectivity index (χ2n) is 10.2. The first-order chi connectivity index (χ1) is 18.4. The SMILES string of the molecule is CN1Cc2ccccc2CC1C(=O)N1CCC(c2ccc(NC(=O)/C=C/c3ccc(O)cc3Cl)cc2)CC1. The molecule has 7 heteroatoms. The minimum Gasteiger partial charge on any atom is -0.508 e. The molecule has 5 rings (SSSR count). The van der Waals surface area contributed by atoms with E-state index in [1.807, 2.05) is 24.1 Å². The van der Waals surface area contributed by atoms with Gasteiger partial charge in [-0.15, -0.1) is 0 Å². The fourth-order valence-electron chi connectivity index (χ4n) is 5.41. The first kappa shape index (κ1) is 26.0. The van der Waals surface area contributed by atoms with Crippen molar-refractivity contribution in [1.82, 2.24) is 9.80 Å². The van der Waals surface area contributed by atoms with Crippen LogP contribution in [-0.2, 0) is 22.6 Å². The molecular formula is C31H32ClN3O3. The van der Waals surface area contributed by atoms with E-state index in [1.165, 1.54) is 34.9 Å². The minimum absolute atomic E-state index is 0.0805. The number of piperidine rings is 1. The average Bonchev–Trinajstić information content (AvgIpc) is 2.92. The van der Waals surface area contributed by atoms with Gasteiger partial charge >= 0.3 is 0 Å². The number of likely N-dealkylation sites (tertiary alicyclic amines) is 1. The largest absolute Gasteiger partial charge is 0.508 e. The lowest BCUT2D eigenvalue weighted by atomic mass is 9.88. The monoisotopic (exact) mass is 529 g/mol. The molecule has 1 unspecified atom stereocenters. The predicted molar refractivity (Wildman–Crippen MR) is 151 cm³/mol. The van der Waals surface area contributed by atoms with Gasteiger partial charge in [-0.3, -0.25) is 14.5 Å². The van der Waals surface area contributed by atoms with Gasteiger partial charge in [0.2, 0.25) is 11.8 Å². The summed E-state index contributed by atoms with van der Waals surface area (Å²) in [7, 11) is 2.05. The summed E-state index contributed by atoms with van der Waals surface area (Å²) < 4.78 is 0. The van der Waals surface area contributed by atoms with Crippen molar-refractivity contribution in [2.45, 2.75) is 37.8 Å². The molecule has 0 bridgehead atoms. The molecule has 1 fully saturated rings. The highest BCUT2D eigenvalue weighted by Gasteiger charge is 2.33. The van der Waals surface area contributed by atoms with Crippen molar-refractivity contribution in [3.8, 4) is 5.75 Å². The van der Waals surface area contributed by atoms with Gasteiger partial charge in [0.15, 0.2) is 0 Å². The van der Waals surface area contributed by atoms with E-state index in [0.717, 1.165) is 38.9 Å². The molecule has 6 nitrogen and oxygen atoms in total. The number of hydrogen-bond donors (Lipinski definition) is 2. The van der Waals surface area contributed by atoms with E-state index >= 15 is 0 Å². The molecule has 1 saturated heterocycles. The number of phenolic OH excluding ortho intramolecular Hbond substituents is 1. The lowest BCUT2D eigenvalue weighted by Gasteiger charge is -2.39. The van der Waals surface area contributed by atoms with Crippen LogP contribution in [0.3, 0.4) is 0 Å². The Kier molecular flexibility index (Phi) is 7.82. The summed E-state index contributed by atoms with van der Waals surface area (Å²) in [4.78, 5) is 29.9. The third kappa shape index (κ3) is 5.93. The zero-order valence-electron chi connectivity index (χ0n) is 21.4. The van der Waals surface area contributed by atoms with Gasteiger partial charge in [-0.2, -0.15) is 0 Å². The number of phenols is 1. The highest BCUT2D eigenvalue weighted by Crippen LogP contribution is 2.31. The Morgan fingerprint density at radius 2 is 1.71 bits per heavy atom. The number of carbonyl (C=O) groups is 2. The lowest BCUT2D eigenvalue weighted by molar-refractivity contribution is -0.138. The lowest BCUT2D eigenvalue weighted by Crippen LogP contribution is -2.51. The van der Waals surface area contributed by atoms with Gasteiger partial charge in [0.1, 0.15) is 5.75 Å². The second-order valence-corrected chi connectivity index (χ2v) is 10.6. The Labute approximate surface area is 228 Å². The van der Waals surface area contributed by atoms with Gasteiger partial charge < -0.3 is 15.3 Å². The summed E-state index contributed by atoms with van der Waals surface area (Å²) in [6.07, 6.45) is 5.67. The molecule has 38 heavy (non-hydrogen) atoms. The number of aromatic hydroxyl groups is 1. The van der Waals surface area contributed by atoms with Crippen LogP contribution in [0.25, 0.3) is 6.08 Å². The van der Waals surface area contributed by atoms with Crippen molar-refractivity contribution in [2.24, 2.45) is 0 Å². The van der Waals surface area contributed by atoms with Crippen molar-refractivity contribution < 1.29 is 14.7 Å². The predicted octanol–water partition coefficient (Wildman–Crippen LogP) is 5.46. The van der Waals surface area contributed by atoms with Crippen LogP contribution in [0.2, 0.25) is 5.02 Å². The van der Waals surface area contributed by atoms with Crippen molar-refractivity contribution in [1.29, 1.82) is 0 Å². The van der Waals surface area contributed by atoms with E-state index in [4.69, 9.17) is 11.6 Å². The molecule has 0 aliphatic carbocycles. The van der Waals surface area contributed by atoms with Crippen molar-refractivity contribution in [3.05, 3.63) is 100 Å². The Morgan fingerprint density at radius 1 is 1.00 bits per heavy atom. The van der Waals surface area contributed by atoms with Crippen molar-refractivity contribution in [2.75, 3.05) is 25.5 Å². The molecule has 2 heterocycles. The van der Waals surface area contributed by atoms with Crippen LogP contribution in [-0.4, -0.2) is 52.9 Å². The van der Waals surface area contributed by atoms with E-state index < -0.39 is 0 Å². The molecule has 2 aliphatic heterocycles. The molecule has 3 aromatic carbocycles. The van der Waals surface area contributed by atoms with E-state index in [2.05, 4.69) is 46.6 Å². The van der Waals surface area contributed by atoms with Gasteiger partial charge in [-0.1, -0.05) is 48.0 Å². The number of anilines is 1. The fraction of sp³-hybridized carbons (Fsp3) is 0.290. The third-order valence-electron chi connectivity index (χ3n) is 7.62. The van der Waals surface area contributed by atoms with Crippen molar-refractivity contribution in [3.63, 3.8) is 0 Å². The molecule has 2 amide bonds. The van der Waals surface area contributed by atoms with Crippen LogP contribution in [0.4, 0.5) is 5.69 Å². The highest BCUT2D eigenvalue weighted by atomic mass is 35.5. The van der Waals surface area contributed by atoms with Crippen LogP contribution in [0.15, 0.2) is 72.8 Å². The molecule has 2 aliphatic rings. The number of nitrogens with zero attached hydrogens (tertiary/aromatic N) is 2. The molecular weight excluding hydrogens is 498 g/mol. The number of benzene rings is 3. The normalized spacial score (nSPS) is 18.4. The number of nitrogens with one attached hydrogen (secondary N) is 1. The maximum atomic E-state index is 13.4. The Morgan fingerprint density at radius 3 is 2.42 bits per heavy atom. The third-order valence-corrected chi connectivity index (χ3v) is 7.95. The molecule has 2 N–H and O–H groups in total. The molecule has 0 saturated carbocycles. The number of hydrogen-bond acceptors (Lipinski definition) is 4. The van der Waals surface area contributed by atoms with Gasteiger partial charge in [0.25, 0.3) is 0 Å². The van der Waals surface area contributed by atoms with Gasteiger partial charge in [-0.05, 0) is 90.9 Å². The van der Waals surface area contributed by atoms with Crippen molar-refractivity contribution >= 4 is 35.2 Å². The minimum atomic E-state index is -0.260. The van der Waals surface area contributed by atoms with E-state index in [-0.39, 0.29) is 23.6 Å². The summed E-state index contributed by atoms with van der Waals surface area (Å²) in [6, 6.07) is 20.9. The summed E-state index contributed by atoms with van der Waals surface area (Å²) in [5, 5.41) is 12.7. The van der Waals surface area contributed by atoms with Crippen LogP contribution < -0.4 is 5.32 Å². The maximum absolute atomic E-state index is 13.4. The Hall–Kier alpha value is -3.61.